The van der Waals surface area contributed by atoms with Gasteiger partial charge in [0, 0.05) is 35.2 Å². The Bertz CT molecular complexity index is 1180. The van der Waals surface area contributed by atoms with Gasteiger partial charge in [0.05, 0.1) is 37.2 Å². The highest BCUT2D eigenvalue weighted by molar-refractivity contribution is 7.13. The molecule has 0 atom stereocenters. The molecule has 0 aliphatic heterocycles. The molecular formula is C24H25N3O3S2. The van der Waals surface area contributed by atoms with E-state index in [2.05, 4.69) is 21.3 Å². The van der Waals surface area contributed by atoms with E-state index in [9.17, 15) is 4.79 Å². The monoisotopic (exact) mass is 467 g/mol. The number of thiazole rings is 1. The van der Waals surface area contributed by atoms with Crippen LogP contribution in [0.3, 0.4) is 0 Å². The number of thiophene rings is 1. The Labute approximate surface area is 195 Å². The van der Waals surface area contributed by atoms with E-state index in [1.807, 2.05) is 48.7 Å². The number of nitrogens with zero attached hydrogens (tertiary/aromatic N) is 2. The van der Waals surface area contributed by atoms with Crippen LogP contribution in [0.25, 0.3) is 22.0 Å². The van der Waals surface area contributed by atoms with E-state index in [-0.39, 0.29) is 5.91 Å². The smallest absolute Gasteiger partial charge is 0.253 e. The summed E-state index contributed by atoms with van der Waals surface area (Å²) >= 11 is 3.29. The molecule has 4 rings (SSSR count). The fourth-order valence-corrected chi connectivity index (χ4v) is 4.98. The van der Waals surface area contributed by atoms with Crippen LogP contribution in [-0.4, -0.2) is 42.8 Å². The number of aromatic nitrogens is 2. The lowest BCUT2D eigenvalue weighted by Gasteiger charge is -2.10. The molecule has 166 valence electrons. The summed E-state index contributed by atoms with van der Waals surface area (Å²) < 4.78 is 12.5. The number of amides is 1. The number of methoxy groups -OCH3 is 2. The second-order valence-corrected chi connectivity index (χ2v) is 9.10. The molecule has 4 aromatic rings. The van der Waals surface area contributed by atoms with E-state index in [4.69, 9.17) is 14.5 Å². The molecule has 1 aromatic carbocycles. The Morgan fingerprint density at radius 2 is 1.97 bits per heavy atom. The molecule has 0 aliphatic rings. The van der Waals surface area contributed by atoms with Crippen LogP contribution in [0.1, 0.15) is 20.9 Å². The van der Waals surface area contributed by atoms with Crippen LogP contribution in [0.2, 0.25) is 0 Å². The number of hydrogen-bond donors (Lipinski definition) is 1. The Kier molecular flexibility index (Phi) is 7.04. The highest BCUT2D eigenvalue weighted by Gasteiger charge is 2.20. The standard InChI is InChI=1S/C24H25N3O3S2/c1-16-20(23(28)25-10-11-29-2)13-22(27(16)14-19-5-4-12-31-19)21-15-32-24(26-21)17-6-8-18(30-3)9-7-17/h4-9,12-13,15H,10-11,14H2,1-3H3,(H,25,28). The summed E-state index contributed by atoms with van der Waals surface area (Å²) in [6, 6.07) is 14.0. The fraction of sp³-hybridized carbons (Fsp3) is 0.250. The van der Waals surface area contributed by atoms with Crippen molar-refractivity contribution in [3.8, 4) is 27.7 Å². The molecule has 0 fully saturated rings. The van der Waals surface area contributed by atoms with Crippen molar-refractivity contribution in [2.45, 2.75) is 13.5 Å². The minimum Gasteiger partial charge on any atom is -0.497 e. The fourth-order valence-electron chi connectivity index (χ4n) is 3.47. The van der Waals surface area contributed by atoms with Gasteiger partial charge in [-0.2, -0.15) is 0 Å². The van der Waals surface area contributed by atoms with Gasteiger partial charge in [-0.1, -0.05) is 6.07 Å². The first-order valence-electron chi connectivity index (χ1n) is 10.2. The number of rotatable bonds is 9. The van der Waals surface area contributed by atoms with Gasteiger partial charge in [0.2, 0.25) is 0 Å². The van der Waals surface area contributed by atoms with Gasteiger partial charge >= 0.3 is 0 Å². The summed E-state index contributed by atoms with van der Waals surface area (Å²) in [5.41, 5.74) is 4.40. The first-order valence-corrected chi connectivity index (χ1v) is 12.0. The first kappa shape index (κ1) is 22.3. The van der Waals surface area contributed by atoms with Gasteiger partial charge in [-0.05, 0) is 48.7 Å². The topological polar surface area (TPSA) is 65.4 Å². The average Bonchev–Trinajstić information content (AvgIpc) is 3.56. The van der Waals surface area contributed by atoms with E-state index in [1.54, 1.807) is 36.9 Å². The predicted octanol–water partition coefficient (Wildman–Crippen LogP) is 5.08. The number of nitrogens with one attached hydrogen (secondary N) is 1. The first-order chi connectivity index (χ1) is 15.6. The van der Waals surface area contributed by atoms with Crippen molar-refractivity contribution >= 4 is 28.6 Å². The molecule has 0 radical (unpaired) electrons. The van der Waals surface area contributed by atoms with Gasteiger partial charge < -0.3 is 19.4 Å². The summed E-state index contributed by atoms with van der Waals surface area (Å²) in [4.78, 5) is 18.9. The maximum absolute atomic E-state index is 12.8. The SMILES string of the molecule is COCCNC(=O)c1cc(-c2csc(-c3ccc(OC)cc3)n2)n(Cc2cccs2)c1C. The molecule has 8 heteroatoms. The van der Waals surface area contributed by atoms with Gasteiger partial charge in [0.15, 0.2) is 0 Å². The third kappa shape index (κ3) is 4.77. The minimum atomic E-state index is -0.101. The van der Waals surface area contributed by atoms with Gasteiger partial charge in [-0.3, -0.25) is 4.79 Å². The Hall–Kier alpha value is -2.94. The zero-order valence-corrected chi connectivity index (χ0v) is 19.9. The summed E-state index contributed by atoms with van der Waals surface area (Å²) in [6.45, 7) is 3.63. The van der Waals surface area contributed by atoms with Crippen LogP contribution in [0.4, 0.5) is 0 Å². The molecule has 3 aromatic heterocycles. The van der Waals surface area contributed by atoms with Crippen molar-refractivity contribution in [1.82, 2.24) is 14.9 Å². The second kappa shape index (κ2) is 10.1. The van der Waals surface area contributed by atoms with Crippen LogP contribution in [0.15, 0.2) is 53.2 Å². The summed E-state index contributed by atoms with van der Waals surface area (Å²) in [5.74, 6) is 0.714. The summed E-state index contributed by atoms with van der Waals surface area (Å²) in [7, 11) is 3.28. The lowest BCUT2D eigenvalue weighted by molar-refractivity contribution is 0.0936. The van der Waals surface area contributed by atoms with Gasteiger partial charge in [-0.15, -0.1) is 22.7 Å². The molecule has 1 N–H and O–H groups in total. The Morgan fingerprint density at radius 3 is 2.66 bits per heavy atom. The lowest BCUT2D eigenvalue weighted by Crippen LogP contribution is -2.27. The molecule has 0 aliphatic carbocycles. The van der Waals surface area contributed by atoms with Gasteiger partial charge in [0.1, 0.15) is 10.8 Å². The number of benzene rings is 1. The van der Waals surface area contributed by atoms with Crippen LogP contribution in [0, 0.1) is 6.92 Å². The van der Waals surface area contributed by atoms with Crippen LogP contribution < -0.4 is 10.1 Å². The normalized spacial score (nSPS) is 11.0. The Morgan fingerprint density at radius 1 is 1.16 bits per heavy atom. The predicted molar refractivity (Wildman–Crippen MR) is 130 cm³/mol. The summed E-state index contributed by atoms with van der Waals surface area (Å²) in [5, 5.41) is 7.97. The highest BCUT2D eigenvalue weighted by atomic mass is 32.1. The molecule has 0 spiro atoms. The third-order valence-electron chi connectivity index (χ3n) is 5.20. The number of hydrogen-bond acceptors (Lipinski definition) is 6. The van der Waals surface area contributed by atoms with E-state index >= 15 is 0 Å². The van der Waals surface area contributed by atoms with Crippen LogP contribution in [0.5, 0.6) is 5.75 Å². The largest absolute Gasteiger partial charge is 0.497 e. The highest BCUT2D eigenvalue weighted by Crippen LogP contribution is 2.33. The van der Waals surface area contributed by atoms with Crippen molar-refractivity contribution < 1.29 is 14.3 Å². The minimum absolute atomic E-state index is 0.101. The van der Waals surface area contributed by atoms with E-state index in [1.165, 1.54) is 4.88 Å². The quantitative estimate of drug-likeness (QED) is 0.349. The van der Waals surface area contributed by atoms with Crippen molar-refractivity contribution in [2.24, 2.45) is 0 Å². The summed E-state index contributed by atoms with van der Waals surface area (Å²) in [6.07, 6.45) is 0. The maximum atomic E-state index is 12.8. The zero-order chi connectivity index (χ0) is 22.5. The maximum Gasteiger partial charge on any atom is 0.253 e. The van der Waals surface area contributed by atoms with Crippen molar-refractivity contribution in [2.75, 3.05) is 27.4 Å². The third-order valence-corrected chi connectivity index (χ3v) is 6.95. The van der Waals surface area contributed by atoms with Gasteiger partial charge in [-0.25, -0.2) is 4.98 Å². The lowest BCUT2D eigenvalue weighted by atomic mass is 10.2. The molecule has 6 nitrogen and oxygen atoms in total. The van der Waals surface area contributed by atoms with Crippen molar-refractivity contribution in [3.63, 3.8) is 0 Å². The molecular weight excluding hydrogens is 442 g/mol. The van der Waals surface area contributed by atoms with E-state index in [0.717, 1.165) is 33.4 Å². The molecule has 3 heterocycles. The molecule has 32 heavy (non-hydrogen) atoms. The molecule has 1 amide bonds. The number of carbonyl (C=O) groups is 1. The molecule has 0 unspecified atom stereocenters. The molecule has 0 saturated carbocycles. The number of carbonyl (C=O) groups excluding carboxylic acids is 1. The number of ether oxygens (including phenoxy) is 2. The second-order valence-electron chi connectivity index (χ2n) is 7.21. The molecule has 0 saturated heterocycles. The zero-order valence-electron chi connectivity index (χ0n) is 18.3. The average molecular weight is 468 g/mol. The van der Waals surface area contributed by atoms with Gasteiger partial charge in [0.25, 0.3) is 5.91 Å². The van der Waals surface area contributed by atoms with Crippen LogP contribution >= 0.6 is 22.7 Å². The Balaban J connectivity index is 1.69. The van der Waals surface area contributed by atoms with E-state index < -0.39 is 0 Å². The molecule has 0 bridgehead atoms. The van der Waals surface area contributed by atoms with E-state index in [0.29, 0.717) is 25.3 Å². The van der Waals surface area contributed by atoms with Crippen LogP contribution in [-0.2, 0) is 11.3 Å². The van der Waals surface area contributed by atoms with Crippen molar-refractivity contribution in [1.29, 1.82) is 0 Å². The van der Waals surface area contributed by atoms with Crippen molar-refractivity contribution in [3.05, 3.63) is 69.4 Å².